The lowest BCUT2D eigenvalue weighted by Crippen LogP contribution is -2.30. The number of nitrogens with zero attached hydrogens (tertiary/aromatic N) is 3. The Kier molecular flexibility index (Phi) is 5.09. The van der Waals surface area contributed by atoms with Gasteiger partial charge in [0.05, 0.1) is 24.3 Å². The highest BCUT2D eigenvalue weighted by molar-refractivity contribution is 6.31. The minimum absolute atomic E-state index is 0.00204. The van der Waals surface area contributed by atoms with Crippen molar-refractivity contribution in [3.05, 3.63) is 76.6 Å². The second-order valence-corrected chi connectivity index (χ2v) is 7.98. The zero-order chi connectivity index (χ0) is 20.5. The molecule has 154 valence electrons. The minimum atomic E-state index is -0.00204. The number of fused-ring (bicyclic) bond motifs is 1. The molecule has 0 spiro atoms. The first-order valence-electron chi connectivity index (χ1n) is 10.2. The largest absolute Gasteiger partial charge is 0.486 e. The van der Waals surface area contributed by atoms with Crippen LogP contribution in [0.25, 0.3) is 0 Å². The predicted octanol–water partition coefficient (Wildman–Crippen LogP) is 4.33. The third-order valence-corrected chi connectivity index (χ3v) is 6.00. The van der Waals surface area contributed by atoms with Crippen molar-refractivity contribution in [2.75, 3.05) is 19.8 Å². The summed E-state index contributed by atoms with van der Waals surface area (Å²) in [6.07, 6.45) is 5.33. The number of benzene rings is 2. The van der Waals surface area contributed by atoms with E-state index in [1.54, 1.807) is 17.1 Å². The fourth-order valence-corrected chi connectivity index (χ4v) is 4.35. The molecule has 30 heavy (non-hydrogen) atoms. The molecule has 0 aliphatic carbocycles. The van der Waals surface area contributed by atoms with Gasteiger partial charge in [-0.05, 0) is 42.2 Å². The molecule has 2 aliphatic heterocycles. The normalized spacial score (nSPS) is 17.9. The summed E-state index contributed by atoms with van der Waals surface area (Å²) in [5.74, 6) is 1.52. The molecule has 2 aliphatic rings. The van der Waals surface area contributed by atoms with Crippen LogP contribution in [0.4, 0.5) is 0 Å². The van der Waals surface area contributed by atoms with Gasteiger partial charge in [-0.15, -0.1) is 0 Å². The number of carbonyl (C=O) groups is 1. The molecule has 1 aromatic heterocycles. The van der Waals surface area contributed by atoms with E-state index < -0.39 is 0 Å². The maximum atomic E-state index is 13.2. The van der Waals surface area contributed by atoms with E-state index in [0.29, 0.717) is 30.3 Å². The summed E-state index contributed by atoms with van der Waals surface area (Å²) < 4.78 is 13.1. The molecule has 0 N–H and O–H groups in total. The SMILES string of the molecule is O=C(c1cnn(Cc2ccccc2Cl)c1)N1CCC[C@H]1c1ccc2c(c1)OCCO2. The molecule has 1 saturated heterocycles. The fourth-order valence-electron chi connectivity index (χ4n) is 4.15. The van der Waals surface area contributed by atoms with Gasteiger partial charge in [0, 0.05) is 17.8 Å². The zero-order valence-electron chi connectivity index (χ0n) is 16.5. The number of ether oxygens (including phenoxy) is 2. The van der Waals surface area contributed by atoms with Crippen molar-refractivity contribution in [1.29, 1.82) is 0 Å². The van der Waals surface area contributed by atoms with Crippen LogP contribution in [0.5, 0.6) is 11.5 Å². The second kappa shape index (κ2) is 8.03. The number of likely N-dealkylation sites (tertiary alicyclic amines) is 1. The van der Waals surface area contributed by atoms with E-state index >= 15 is 0 Å². The van der Waals surface area contributed by atoms with Crippen LogP contribution < -0.4 is 9.47 Å². The van der Waals surface area contributed by atoms with Crippen LogP contribution in [-0.4, -0.2) is 40.3 Å². The average molecular weight is 424 g/mol. The topological polar surface area (TPSA) is 56.6 Å². The molecule has 0 unspecified atom stereocenters. The molecule has 1 fully saturated rings. The van der Waals surface area contributed by atoms with Crippen LogP contribution in [0.3, 0.4) is 0 Å². The lowest BCUT2D eigenvalue weighted by molar-refractivity contribution is 0.0735. The van der Waals surface area contributed by atoms with E-state index in [0.717, 1.165) is 42.0 Å². The quantitative estimate of drug-likeness (QED) is 0.626. The Morgan fingerprint density at radius 2 is 1.97 bits per heavy atom. The molecular weight excluding hydrogens is 402 g/mol. The average Bonchev–Trinajstić information content (AvgIpc) is 3.44. The molecule has 3 heterocycles. The van der Waals surface area contributed by atoms with Gasteiger partial charge in [0.25, 0.3) is 5.91 Å². The van der Waals surface area contributed by atoms with Crippen molar-refractivity contribution in [3.8, 4) is 11.5 Å². The van der Waals surface area contributed by atoms with Crippen molar-refractivity contribution < 1.29 is 14.3 Å². The third kappa shape index (κ3) is 3.63. The zero-order valence-corrected chi connectivity index (χ0v) is 17.2. The molecule has 6 nitrogen and oxygen atoms in total. The van der Waals surface area contributed by atoms with Gasteiger partial charge >= 0.3 is 0 Å². The van der Waals surface area contributed by atoms with E-state index in [4.69, 9.17) is 21.1 Å². The van der Waals surface area contributed by atoms with E-state index in [2.05, 4.69) is 5.10 Å². The summed E-state index contributed by atoms with van der Waals surface area (Å²) in [5, 5.41) is 5.07. The number of halogens is 1. The summed E-state index contributed by atoms with van der Waals surface area (Å²) in [6.45, 7) is 2.37. The van der Waals surface area contributed by atoms with Gasteiger partial charge in [-0.2, -0.15) is 5.10 Å². The Hall–Kier alpha value is -2.99. The van der Waals surface area contributed by atoms with Crippen molar-refractivity contribution in [2.45, 2.75) is 25.4 Å². The summed E-state index contributed by atoms with van der Waals surface area (Å²) in [7, 11) is 0. The fraction of sp³-hybridized carbons (Fsp3) is 0.304. The van der Waals surface area contributed by atoms with Gasteiger partial charge < -0.3 is 14.4 Å². The Labute approximate surface area is 180 Å². The van der Waals surface area contributed by atoms with Gasteiger partial charge in [0.2, 0.25) is 0 Å². The van der Waals surface area contributed by atoms with E-state index in [1.165, 1.54) is 0 Å². The van der Waals surface area contributed by atoms with Gasteiger partial charge in [0.15, 0.2) is 11.5 Å². The number of aromatic nitrogens is 2. The monoisotopic (exact) mass is 423 g/mol. The summed E-state index contributed by atoms with van der Waals surface area (Å²) >= 11 is 6.25. The van der Waals surface area contributed by atoms with E-state index in [1.807, 2.05) is 47.4 Å². The van der Waals surface area contributed by atoms with Gasteiger partial charge in [-0.25, -0.2) is 0 Å². The number of amides is 1. The molecule has 0 radical (unpaired) electrons. The first-order valence-corrected chi connectivity index (χ1v) is 10.5. The summed E-state index contributed by atoms with van der Waals surface area (Å²) in [4.78, 5) is 15.2. The van der Waals surface area contributed by atoms with Crippen molar-refractivity contribution >= 4 is 17.5 Å². The standard InChI is InChI=1S/C23H22ClN3O3/c24-19-5-2-1-4-17(19)14-26-15-18(13-25-26)23(28)27-9-3-6-20(27)16-7-8-21-22(12-16)30-11-10-29-21/h1-2,4-5,7-8,12-13,15,20H,3,6,9-11,14H2/t20-/m0/s1. The number of carbonyl (C=O) groups excluding carboxylic acids is 1. The third-order valence-electron chi connectivity index (χ3n) is 5.64. The molecule has 0 saturated carbocycles. The van der Waals surface area contributed by atoms with Crippen LogP contribution in [0.1, 0.15) is 40.4 Å². The Bertz CT molecular complexity index is 1080. The van der Waals surface area contributed by atoms with Gasteiger partial charge in [-0.1, -0.05) is 35.9 Å². The van der Waals surface area contributed by atoms with E-state index in [9.17, 15) is 4.79 Å². The van der Waals surface area contributed by atoms with Crippen molar-refractivity contribution in [2.24, 2.45) is 0 Å². The molecule has 1 atom stereocenters. The maximum absolute atomic E-state index is 13.2. The van der Waals surface area contributed by atoms with Crippen LogP contribution >= 0.6 is 11.6 Å². The molecule has 2 aromatic carbocycles. The highest BCUT2D eigenvalue weighted by Crippen LogP contribution is 2.38. The number of rotatable bonds is 4. The number of hydrogen-bond donors (Lipinski definition) is 0. The Morgan fingerprint density at radius 3 is 2.83 bits per heavy atom. The molecule has 7 heteroatoms. The van der Waals surface area contributed by atoms with Crippen molar-refractivity contribution in [1.82, 2.24) is 14.7 Å². The predicted molar refractivity (Wildman–Crippen MR) is 113 cm³/mol. The van der Waals surface area contributed by atoms with Crippen molar-refractivity contribution in [3.63, 3.8) is 0 Å². The lowest BCUT2D eigenvalue weighted by atomic mass is 10.0. The molecular formula is C23H22ClN3O3. The Morgan fingerprint density at radius 1 is 1.13 bits per heavy atom. The van der Waals surface area contributed by atoms with Gasteiger partial charge in [-0.3, -0.25) is 9.48 Å². The smallest absolute Gasteiger partial charge is 0.257 e. The highest BCUT2D eigenvalue weighted by Gasteiger charge is 2.32. The van der Waals surface area contributed by atoms with Crippen LogP contribution in [0.15, 0.2) is 54.9 Å². The molecule has 3 aromatic rings. The molecule has 0 bridgehead atoms. The van der Waals surface area contributed by atoms with Crippen LogP contribution in [0, 0.1) is 0 Å². The van der Waals surface area contributed by atoms with Crippen LogP contribution in [-0.2, 0) is 6.54 Å². The number of hydrogen-bond acceptors (Lipinski definition) is 4. The van der Waals surface area contributed by atoms with Gasteiger partial charge in [0.1, 0.15) is 13.2 Å². The first-order chi connectivity index (χ1) is 14.7. The minimum Gasteiger partial charge on any atom is -0.486 e. The first kappa shape index (κ1) is 19.0. The summed E-state index contributed by atoms with van der Waals surface area (Å²) in [6, 6.07) is 13.7. The summed E-state index contributed by atoms with van der Waals surface area (Å²) in [5.41, 5.74) is 2.64. The van der Waals surface area contributed by atoms with E-state index in [-0.39, 0.29) is 11.9 Å². The molecule has 5 rings (SSSR count). The van der Waals surface area contributed by atoms with Crippen LogP contribution in [0.2, 0.25) is 5.02 Å². The highest BCUT2D eigenvalue weighted by atomic mass is 35.5. The second-order valence-electron chi connectivity index (χ2n) is 7.58. The maximum Gasteiger partial charge on any atom is 0.257 e. The lowest BCUT2D eigenvalue weighted by Gasteiger charge is -2.26. The molecule has 1 amide bonds. The Balaban J connectivity index is 1.34.